The third kappa shape index (κ3) is 39.5. The predicted molar refractivity (Wildman–Crippen MR) is 17.8 cm³/mol. The van der Waals surface area contributed by atoms with Gasteiger partial charge in [-0.3, -0.25) is 0 Å². The zero-order valence-electron chi connectivity index (χ0n) is 2.45. The molecule has 2 N–H and O–H groups in total. The van der Waals surface area contributed by atoms with Crippen LogP contribution in [-0.4, -0.2) is 29.9 Å². The first-order valence-electron chi connectivity index (χ1n) is 0.724. The molecule has 3 heteroatoms. The maximum Gasteiger partial charge on any atom is -0.412 e. The van der Waals surface area contributed by atoms with Gasteiger partial charge >= 0.3 is 33.5 Å². The Hall–Kier alpha value is 0.320. The Morgan fingerprint density at radius 2 is 1.75 bits per heavy atom. The fourth-order valence-electron chi connectivity index (χ4n) is 0. The number of hydrogen-bond acceptors (Lipinski definition) is 1. The first-order chi connectivity index (χ1) is 1.41. The Balaban J connectivity index is 0. The van der Waals surface area contributed by atoms with E-state index in [-0.39, 0.29) is 29.9 Å². The van der Waals surface area contributed by atoms with Crippen molar-refractivity contribution in [1.29, 1.82) is 5.26 Å². The third-order valence-corrected chi connectivity index (χ3v) is 0. The molecule has 0 heterocycles. The predicted octanol–water partition coefficient (Wildman–Crippen LogP) is -1.72. The number of hydrogen-bond donors (Lipinski definition) is 0. The molecule has 0 atom stereocenters. The van der Waals surface area contributed by atoms with Crippen LogP contribution in [0, 0.1) is 9.09 Å². The molecule has 0 amide bonds. The summed E-state index contributed by atoms with van der Waals surface area (Å²) in [6.07, 6.45) is 0. The molecule has 0 aromatic rings. The fourth-order valence-corrected chi connectivity index (χ4v) is 0. The summed E-state index contributed by atoms with van der Waals surface area (Å²) < 4.78 is 1.96. The van der Waals surface area contributed by atoms with Crippen LogP contribution in [0.3, 0.4) is 0 Å². The van der Waals surface area contributed by atoms with Crippen molar-refractivity contribution >= 4 is 24.4 Å². The van der Waals surface area contributed by atoms with Crippen molar-refractivity contribution in [3.8, 4) is 3.83 Å². The minimum absolute atomic E-state index is 0. The van der Waals surface area contributed by atoms with Crippen molar-refractivity contribution in [1.82, 2.24) is 0 Å². The normalized spacial score (nSPS) is 1.75. The van der Waals surface area contributed by atoms with Crippen molar-refractivity contribution in [3.63, 3.8) is 0 Å². The second kappa shape index (κ2) is 10.3. The van der Waals surface area contributed by atoms with E-state index in [0.29, 0.717) is 0 Å². The molecule has 0 rings (SSSR count). The van der Waals surface area contributed by atoms with Crippen molar-refractivity contribution in [3.05, 3.63) is 0 Å². The van der Waals surface area contributed by atoms with Gasteiger partial charge in [-0.05, 0) is 0 Å². The zero-order chi connectivity index (χ0) is 2.71. The summed E-state index contributed by atoms with van der Waals surface area (Å²) in [5.74, 6) is 0. The van der Waals surface area contributed by atoms with E-state index in [4.69, 9.17) is 5.26 Å². The van der Waals surface area contributed by atoms with E-state index in [0.717, 1.165) is 0 Å². The molecule has 0 aliphatic carbocycles. The molecule has 2 nitrogen and oxygen atoms in total. The van der Waals surface area contributed by atoms with Gasteiger partial charge in [-0.2, -0.15) is 0 Å². The van der Waals surface area contributed by atoms with Gasteiger partial charge in [0.2, 0.25) is 0 Å². The molecule has 4 heavy (non-hydrogen) atoms. The largest absolute Gasteiger partial charge is 0.412 e. The van der Waals surface area contributed by atoms with Crippen LogP contribution in [0.25, 0.3) is 0 Å². The Morgan fingerprint density at radius 3 is 1.75 bits per heavy atom. The molecule has 0 aromatic carbocycles. The molecule has 22 valence electrons. The summed E-state index contributed by atoms with van der Waals surface area (Å²) in [5, 5.41) is 7.41. The van der Waals surface area contributed by atoms with Crippen LogP contribution >= 0.6 is 0 Å². The monoisotopic (exact) mass is 161 g/mol. The van der Waals surface area contributed by atoms with Gasteiger partial charge in [0.05, 0.1) is 0 Å². The number of nitriles is 1. The molecule has 0 unspecified atom stereocenters. The van der Waals surface area contributed by atoms with Gasteiger partial charge in [0.15, 0.2) is 0 Å². The Labute approximate surface area is 39.3 Å². The molecule has 0 spiro atoms. The van der Waals surface area contributed by atoms with Crippen LogP contribution in [0.2, 0.25) is 0 Å². The van der Waals surface area contributed by atoms with Crippen LogP contribution in [0.5, 0.6) is 0 Å². The molecule has 0 saturated heterocycles. The van der Waals surface area contributed by atoms with Crippen molar-refractivity contribution in [2.45, 2.75) is 0 Å². The van der Waals surface area contributed by atoms with E-state index in [1.165, 1.54) is 0 Å². The van der Waals surface area contributed by atoms with E-state index >= 15 is 0 Å². The summed E-state index contributed by atoms with van der Waals surface area (Å²) >= 11 is 0.287. The topological polar surface area (TPSA) is 55.3 Å². The molecular formula is CH4InNO. The first kappa shape index (κ1) is 8.85. The summed E-state index contributed by atoms with van der Waals surface area (Å²) in [4.78, 5) is 0. The van der Waals surface area contributed by atoms with Gasteiger partial charge in [0.1, 0.15) is 0 Å². The fraction of sp³-hybridized carbons (Fsp3) is 0. The van der Waals surface area contributed by atoms with Crippen LogP contribution in [-0.2, 0) is 0 Å². The van der Waals surface area contributed by atoms with Crippen molar-refractivity contribution in [2.75, 3.05) is 0 Å². The Morgan fingerprint density at radius 1 is 1.75 bits per heavy atom. The van der Waals surface area contributed by atoms with Gasteiger partial charge in [-0.15, -0.1) is 0 Å². The molecule has 0 aliphatic heterocycles. The van der Waals surface area contributed by atoms with E-state index in [1.54, 1.807) is 0 Å². The van der Waals surface area contributed by atoms with E-state index in [2.05, 4.69) is 0 Å². The van der Waals surface area contributed by atoms with Crippen molar-refractivity contribution in [2.24, 2.45) is 0 Å². The maximum atomic E-state index is 7.41. The van der Waals surface area contributed by atoms with E-state index in [1.807, 2.05) is 3.83 Å². The minimum atomic E-state index is 0. The van der Waals surface area contributed by atoms with Gasteiger partial charge in [0.25, 0.3) is 0 Å². The Kier molecular flexibility index (Phi) is 22.7. The van der Waals surface area contributed by atoms with Crippen LogP contribution in [0.15, 0.2) is 0 Å². The first-order valence-corrected chi connectivity index (χ1v) is 3.58. The van der Waals surface area contributed by atoms with E-state index < -0.39 is 0 Å². The standard InChI is InChI=1S/CN.In.H2O.2H/c1-2;;;;/h;;1H2;;. The number of rotatable bonds is 0. The molecule has 0 aliphatic rings. The summed E-state index contributed by atoms with van der Waals surface area (Å²) in [6.45, 7) is 0. The number of nitrogens with zero attached hydrogens (tertiary/aromatic N) is 1. The van der Waals surface area contributed by atoms with Crippen molar-refractivity contribution < 1.29 is 5.48 Å². The second-order valence-electron chi connectivity index (χ2n) is 0.224. The maximum absolute atomic E-state index is 7.41. The summed E-state index contributed by atoms with van der Waals surface area (Å²) in [7, 11) is 0. The van der Waals surface area contributed by atoms with Crippen LogP contribution in [0.1, 0.15) is 0 Å². The molecular weight excluding hydrogens is 157 g/mol. The Bertz CT molecular complexity index is 29.5. The summed E-state index contributed by atoms with van der Waals surface area (Å²) in [5.41, 5.74) is 0. The van der Waals surface area contributed by atoms with Gasteiger partial charge in [-0.25, -0.2) is 0 Å². The SMILES string of the molecule is N#[C][InH2].O. The van der Waals surface area contributed by atoms with Crippen LogP contribution in [0.4, 0.5) is 0 Å². The minimum Gasteiger partial charge on any atom is -0.412 e. The third-order valence-electron chi connectivity index (χ3n) is 0. The molecule has 0 fully saturated rings. The molecule has 0 radical (unpaired) electrons. The average Bonchev–Trinajstić information content (AvgIpc) is 0.918. The molecule has 0 saturated carbocycles. The smallest absolute Gasteiger partial charge is 0.412 e. The zero-order valence-corrected chi connectivity index (χ0v) is 8.16. The quantitative estimate of drug-likeness (QED) is 0.416. The summed E-state index contributed by atoms with van der Waals surface area (Å²) in [6, 6.07) is 0. The second-order valence-corrected chi connectivity index (χ2v) is 1.50. The molecule has 0 aromatic heterocycles. The van der Waals surface area contributed by atoms with E-state index in [9.17, 15) is 0 Å². The van der Waals surface area contributed by atoms with Crippen LogP contribution < -0.4 is 0 Å². The average molecular weight is 161 g/mol. The molecule has 0 bridgehead atoms. The van der Waals surface area contributed by atoms with Gasteiger partial charge in [0, 0.05) is 0 Å². The van der Waals surface area contributed by atoms with Gasteiger partial charge in [-0.1, -0.05) is 0 Å². The van der Waals surface area contributed by atoms with Gasteiger partial charge < -0.3 is 5.48 Å².